The highest BCUT2D eigenvalue weighted by molar-refractivity contribution is 5.44. The van der Waals surface area contributed by atoms with E-state index in [1.165, 1.54) is 6.07 Å². The Bertz CT molecular complexity index is 498. The van der Waals surface area contributed by atoms with Gasteiger partial charge >= 0.3 is 0 Å². The van der Waals surface area contributed by atoms with Crippen molar-refractivity contribution in [1.29, 1.82) is 0 Å². The molecule has 0 aliphatic heterocycles. The molecule has 2 rings (SSSR count). The Morgan fingerprint density at radius 1 is 1.39 bits per heavy atom. The smallest absolute Gasteiger partial charge is 0.157 e. The Labute approximate surface area is 105 Å². The number of benzene rings is 1. The molecule has 0 spiro atoms. The van der Waals surface area contributed by atoms with Gasteiger partial charge in [-0.3, -0.25) is 4.68 Å². The van der Waals surface area contributed by atoms with Gasteiger partial charge in [-0.25, -0.2) is 4.39 Å². The molecule has 5 heteroatoms. The lowest BCUT2D eigenvalue weighted by Crippen LogP contribution is -2.12. The van der Waals surface area contributed by atoms with Crippen molar-refractivity contribution in [3.63, 3.8) is 0 Å². The third-order valence-electron chi connectivity index (χ3n) is 2.49. The summed E-state index contributed by atoms with van der Waals surface area (Å²) in [5, 5.41) is 7.07. The van der Waals surface area contributed by atoms with E-state index in [0.717, 1.165) is 12.3 Å². The molecule has 18 heavy (non-hydrogen) atoms. The highest BCUT2D eigenvalue weighted by atomic mass is 19.1. The first-order valence-corrected chi connectivity index (χ1v) is 5.93. The van der Waals surface area contributed by atoms with Crippen molar-refractivity contribution in [1.82, 2.24) is 9.78 Å². The monoisotopic (exact) mass is 249 g/mol. The van der Waals surface area contributed by atoms with Crippen molar-refractivity contribution in [3.05, 3.63) is 42.5 Å². The number of ether oxygens (including phenoxy) is 1. The van der Waals surface area contributed by atoms with Crippen molar-refractivity contribution < 1.29 is 9.13 Å². The van der Waals surface area contributed by atoms with Crippen LogP contribution in [0.5, 0.6) is 5.75 Å². The lowest BCUT2D eigenvalue weighted by molar-refractivity contribution is 0.332. The highest BCUT2D eigenvalue weighted by Gasteiger charge is 2.00. The molecule has 0 aliphatic carbocycles. The summed E-state index contributed by atoms with van der Waals surface area (Å²) in [6.07, 6.45) is 3.51. The number of nitrogens with one attached hydrogen (secondary N) is 1. The number of nitrogens with zero attached hydrogens (tertiary/aromatic N) is 2. The molecule has 4 nitrogen and oxygen atoms in total. The molecule has 1 aromatic carbocycles. The van der Waals surface area contributed by atoms with E-state index in [4.69, 9.17) is 4.74 Å². The zero-order chi connectivity index (χ0) is 12.8. The van der Waals surface area contributed by atoms with Gasteiger partial charge in [-0.05, 0) is 19.1 Å². The molecule has 96 valence electrons. The van der Waals surface area contributed by atoms with Crippen LogP contribution >= 0.6 is 0 Å². The molecule has 0 saturated heterocycles. The zero-order valence-electron chi connectivity index (χ0n) is 10.3. The van der Waals surface area contributed by atoms with E-state index in [1.54, 1.807) is 29.1 Å². The minimum absolute atomic E-state index is 0.253. The van der Waals surface area contributed by atoms with Crippen LogP contribution in [-0.4, -0.2) is 22.9 Å². The Morgan fingerprint density at radius 2 is 2.22 bits per heavy atom. The number of hydrogen-bond donors (Lipinski definition) is 1. The van der Waals surface area contributed by atoms with E-state index in [1.807, 2.05) is 13.1 Å². The van der Waals surface area contributed by atoms with Crippen molar-refractivity contribution in [2.75, 3.05) is 18.5 Å². The standard InChI is InChI=1S/C13H16FN3O/c1-2-17-10-11(9-16-17)18-8-7-15-13-6-4-3-5-12(13)14/h3-6,9-10,15H,2,7-8H2,1H3. The van der Waals surface area contributed by atoms with Gasteiger partial charge in [0.25, 0.3) is 0 Å². The number of halogens is 1. The Kier molecular flexibility index (Phi) is 4.17. The predicted octanol–water partition coefficient (Wildman–Crippen LogP) is 2.53. The zero-order valence-corrected chi connectivity index (χ0v) is 10.3. The lowest BCUT2D eigenvalue weighted by atomic mass is 10.3. The van der Waals surface area contributed by atoms with Gasteiger partial charge in [0.15, 0.2) is 5.75 Å². The molecule has 0 radical (unpaired) electrons. The number of para-hydroxylation sites is 1. The minimum atomic E-state index is -0.253. The van der Waals surface area contributed by atoms with Crippen LogP contribution in [0.4, 0.5) is 10.1 Å². The largest absolute Gasteiger partial charge is 0.488 e. The van der Waals surface area contributed by atoms with Gasteiger partial charge in [-0.2, -0.15) is 5.10 Å². The van der Waals surface area contributed by atoms with E-state index < -0.39 is 0 Å². The highest BCUT2D eigenvalue weighted by Crippen LogP contribution is 2.12. The van der Waals surface area contributed by atoms with Gasteiger partial charge in [0, 0.05) is 13.1 Å². The van der Waals surface area contributed by atoms with E-state index >= 15 is 0 Å². The average molecular weight is 249 g/mol. The second-order valence-electron chi connectivity index (χ2n) is 3.79. The van der Waals surface area contributed by atoms with Gasteiger partial charge in [-0.1, -0.05) is 12.1 Å². The number of rotatable bonds is 6. The molecular formula is C13H16FN3O. The summed E-state index contributed by atoms with van der Waals surface area (Å²) in [6.45, 7) is 3.83. The van der Waals surface area contributed by atoms with Gasteiger partial charge < -0.3 is 10.1 Å². The van der Waals surface area contributed by atoms with Crippen molar-refractivity contribution in [2.24, 2.45) is 0 Å². The first-order valence-electron chi connectivity index (χ1n) is 5.93. The van der Waals surface area contributed by atoms with Crippen LogP contribution in [0.25, 0.3) is 0 Å². The molecule has 0 atom stereocenters. The fourth-order valence-electron chi connectivity index (χ4n) is 1.55. The number of anilines is 1. The van der Waals surface area contributed by atoms with Crippen molar-refractivity contribution in [3.8, 4) is 5.75 Å². The Balaban J connectivity index is 1.74. The van der Waals surface area contributed by atoms with Crippen molar-refractivity contribution >= 4 is 5.69 Å². The van der Waals surface area contributed by atoms with Gasteiger partial charge in [0.2, 0.25) is 0 Å². The summed E-state index contributed by atoms with van der Waals surface area (Å²) in [5.74, 6) is 0.475. The minimum Gasteiger partial charge on any atom is -0.488 e. The number of aryl methyl sites for hydroxylation is 1. The van der Waals surface area contributed by atoms with Crippen LogP contribution in [0.15, 0.2) is 36.7 Å². The van der Waals surface area contributed by atoms with E-state index in [9.17, 15) is 4.39 Å². The SMILES string of the molecule is CCn1cc(OCCNc2ccccc2F)cn1. The fraction of sp³-hybridized carbons (Fsp3) is 0.308. The molecule has 1 heterocycles. The third-order valence-corrected chi connectivity index (χ3v) is 2.49. The molecule has 0 unspecified atom stereocenters. The molecule has 1 aromatic heterocycles. The summed E-state index contributed by atoms with van der Waals surface area (Å²) in [4.78, 5) is 0. The average Bonchev–Trinajstić information content (AvgIpc) is 2.84. The Morgan fingerprint density at radius 3 is 2.94 bits per heavy atom. The molecule has 0 saturated carbocycles. The second kappa shape index (κ2) is 6.05. The first-order chi connectivity index (χ1) is 8.79. The maximum absolute atomic E-state index is 13.3. The number of hydrogen-bond acceptors (Lipinski definition) is 3. The number of aromatic nitrogens is 2. The molecule has 0 amide bonds. The lowest BCUT2D eigenvalue weighted by Gasteiger charge is -2.07. The van der Waals surface area contributed by atoms with Crippen LogP contribution in [0.1, 0.15) is 6.92 Å². The van der Waals surface area contributed by atoms with Gasteiger partial charge in [0.05, 0.1) is 18.1 Å². The summed E-state index contributed by atoms with van der Waals surface area (Å²) in [6, 6.07) is 6.58. The second-order valence-corrected chi connectivity index (χ2v) is 3.79. The molecule has 0 aliphatic rings. The van der Waals surface area contributed by atoms with Gasteiger partial charge in [0.1, 0.15) is 12.4 Å². The van der Waals surface area contributed by atoms with Crippen LogP contribution in [-0.2, 0) is 6.54 Å². The summed E-state index contributed by atoms with van der Waals surface area (Å²) in [7, 11) is 0. The normalized spacial score (nSPS) is 10.3. The van der Waals surface area contributed by atoms with Gasteiger partial charge in [-0.15, -0.1) is 0 Å². The van der Waals surface area contributed by atoms with Crippen molar-refractivity contribution in [2.45, 2.75) is 13.5 Å². The van der Waals surface area contributed by atoms with E-state index in [0.29, 0.717) is 18.8 Å². The quantitative estimate of drug-likeness (QED) is 0.800. The third kappa shape index (κ3) is 3.23. The van der Waals surface area contributed by atoms with E-state index in [-0.39, 0.29) is 5.82 Å². The maximum Gasteiger partial charge on any atom is 0.157 e. The van der Waals surface area contributed by atoms with Crippen LogP contribution < -0.4 is 10.1 Å². The molecule has 0 fully saturated rings. The maximum atomic E-state index is 13.3. The van der Waals surface area contributed by atoms with Crippen LogP contribution in [0.3, 0.4) is 0 Å². The van der Waals surface area contributed by atoms with Crippen LogP contribution in [0, 0.1) is 5.82 Å². The molecule has 2 aromatic rings. The first kappa shape index (κ1) is 12.4. The van der Waals surface area contributed by atoms with E-state index in [2.05, 4.69) is 10.4 Å². The predicted molar refractivity (Wildman–Crippen MR) is 68.3 cm³/mol. The fourth-order valence-corrected chi connectivity index (χ4v) is 1.55. The molecule has 1 N–H and O–H groups in total. The Hall–Kier alpha value is -2.04. The molecule has 0 bridgehead atoms. The summed E-state index contributed by atoms with van der Waals surface area (Å²) >= 11 is 0. The summed E-state index contributed by atoms with van der Waals surface area (Å²) in [5.41, 5.74) is 0.491. The van der Waals surface area contributed by atoms with Crippen LogP contribution in [0.2, 0.25) is 0 Å². The summed E-state index contributed by atoms with van der Waals surface area (Å²) < 4.78 is 20.5. The molecular weight excluding hydrogens is 233 g/mol. The topological polar surface area (TPSA) is 39.1 Å².